The highest BCUT2D eigenvalue weighted by Gasteiger charge is 2.22. The molecule has 0 aliphatic carbocycles. The molecule has 0 fully saturated rings. The minimum Gasteiger partial charge on any atom is -0.493 e. The van der Waals surface area contributed by atoms with Gasteiger partial charge >= 0.3 is 5.69 Å². The Kier molecular flexibility index (Phi) is 8.09. The molecule has 0 bridgehead atoms. The quantitative estimate of drug-likeness (QED) is 0.145. The second-order valence-electron chi connectivity index (χ2n) is 7.05. The molecular formula is C22H25N5O4S. The molecular weight excluding hydrogens is 430 g/mol. The summed E-state index contributed by atoms with van der Waals surface area (Å²) in [5.41, 5.74) is 1.35. The van der Waals surface area contributed by atoms with Crippen molar-refractivity contribution >= 4 is 24.1 Å². The average molecular weight is 456 g/mol. The summed E-state index contributed by atoms with van der Waals surface area (Å²) in [7, 11) is 1.45. The highest BCUT2D eigenvalue weighted by atomic mass is 32.1. The average Bonchev–Trinajstić information content (AvgIpc) is 3.14. The van der Waals surface area contributed by atoms with Crippen molar-refractivity contribution in [3.05, 3.63) is 74.3 Å². The lowest BCUT2D eigenvalue weighted by Crippen LogP contribution is -2.04. The first kappa shape index (κ1) is 23.1. The van der Waals surface area contributed by atoms with Gasteiger partial charge < -0.3 is 9.47 Å². The Bertz CT molecular complexity index is 1140. The second-order valence-corrected chi connectivity index (χ2v) is 7.43. The minimum absolute atomic E-state index is 0.121. The first-order valence-corrected chi connectivity index (χ1v) is 10.7. The second kappa shape index (κ2) is 11.2. The number of hydrogen-bond acceptors (Lipinski definition) is 7. The van der Waals surface area contributed by atoms with E-state index in [2.05, 4.69) is 22.2 Å². The number of hydrogen-bond donors (Lipinski definition) is 1. The van der Waals surface area contributed by atoms with E-state index in [1.165, 1.54) is 24.1 Å². The van der Waals surface area contributed by atoms with Gasteiger partial charge in [0.15, 0.2) is 11.6 Å². The maximum absolute atomic E-state index is 11.7. The summed E-state index contributed by atoms with van der Waals surface area (Å²) >= 11 is 5.29. The maximum atomic E-state index is 11.7. The Balaban J connectivity index is 1.89. The van der Waals surface area contributed by atoms with Crippen molar-refractivity contribution in [1.82, 2.24) is 14.9 Å². The highest BCUT2D eigenvalue weighted by Crippen LogP contribution is 2.38. The summed E-state index contributed by atoms with van der Waals surface area (Å²) in [5.74, 6) is 1.02. The molecule has 0 saturated carbocycles. The van der Waals surface area contributed by atoms with Crippen LogP contribution < -0.4 is 9.47 Å². The van der Waals surface area contributed by atoms with Crippen LogP contribution in [0.3, 0.4) is 0 Å². The Morgan fingerprint density at radius 2 is 2.06 bits per heavy atom. The topological polar surface area (TPSA) is 108 Å². The molecule has 1 aromatic heterocycles. The van der Waals surface area contributed by atoms with Gasteiger partial charge in [0.2, 0.25) is 10.5 Å². The van der Waals surface area contributed by atoms with Gasteiger partial charge in [-0.25, -0.2) is 0 Å². The van der Waals surface area contributed by atoms with Crippen LogP contribution in [0.25, 0.3) is 0 Å². The van der Waals surface area contributed by atoms with Crippen molar-refractivity contribution in [3.63, 3.8) is 0 Å². The zero-order chi connectivity index (χ0) is 22.9. The van der Waals surface area contributed by atoms with Crippen LogP contribution in [0.1, 0.15) is 43.1 Å². The Labute approximate surface area is 190 Å². The molecule has 1 N–H and O–H groups in total. The number of unbranched alkanes of at least 4 members (excludes halogenated alkanes) is 2. The van der Waals surface area contributed by atoms with Crippen molar-refractivity contribution in [1.29, 1.82) is 0 Å². The number of nitrogens with zero attached hydrogens (tertiary/aromatic N) is 4. The largest absolute Gasteiger partial charge is 0.493 e. The van der Waals surface area contributed by atoms with Gasteiger partial charge in [-0.2, -0.15) is 14.9 Å². The van der Waals surface area contributed by atoms with Gasteiger partial charge in [-0.15, -0.1) is 0 Å². The monoisotopic (exact) mass is 455 g/mol. The van der Waals surface area contributed by atoms with Gasteiger partial charge in [0.1, 0.15) is 0 Å². The standard InChI is InChI=1S/C22H25N5O4S/c1-3-4-8-11-31-21-18(27(28)29)12-17(13-19(21)30-2)15-23-26-20(24-25-22(26)32)14-16-9-6-5-7-10-16/h5-7,9-10,12-13,15H,3-4,8,11,14H2,1-2H3,(H,25,32)/b23-15-. The lowest BCUT2D eigenvalue weighted by Gasteiger charge is -2.11. The minimum atomic E-state index is -0.487. The highest BCUT2D eigenvalue weighted by molar-refractivity contribution is 7.71. The lowest BCUT2D eigenvalue weighted by atomic mass is 10.1. The summed E-state index contributed by atoms with van der Waals surface area (Å²) < 4.78 is 12.9. The summed E-state index contributed by atoms with van der Waals surface area (Å²) in [6, 6.07) is 12.9. The number of rotatable bonds is 11. The number of aromatic amines is 1. The fourth-order valence-electron chi connectivity index (χ4n) is 3.10. The molecule has 3 aromatic rings. The van der Waals surface area contributed by atoms with Crippen LogP contribution in [-0.4, -0.2) is 39.7 Å². The normalized spacial score (nSPS) is 11.1. The molecule has 9 nitrogen and oxygen atoms in total. The third kappa shape index (κ3) is 5.79. The molecule has 3 rings (SSSR count). The molecule has 32 heavy (non-hydrogen) atoms. The summed E-state index contributed by atoms with van der Waals surface area (Å²) in [5, 5.41) is 23.0. The molecule has 0 spiro atoms. The number of benzene rings is 2. The number of methoxy groups -OCH3 is 1. The molecule has 0 radical (unpaired) electrons. The van der Waals surface area contributed by atoms with Gasteiger partial charge in [-0.1, -0.05) is 50.1 Å². The van der Waals surface area contributed by atoms with E-state index in [4.69, 9.17) is 21.7 Å². The Morgan fingerprint density at radius 1 is 1.28 bits per heavy atom. The summed E-state index contributed by atoms with van der Waals surface area (Å²) in [6.07, 6.45) is 4.83. The van der Waals surface area contributed by atoms with E-state index >= 15 is 0 Å². The number of nitrogens with one attached hydrogen (secondary N) is 1. The van der Waals surface area contributed by atoms with Crippen LogP contribution in [-0.2, 0) is 6.42 Å². The van der Waals surface area contributed by atoms with Crippen molar-refractivity contribution in [2.45, 2.75) is 32.6 Å². The number of ether oxygens (including phenoxy) is 2. The zero-order valence-electron chi connectivity index (χ0n) is 18.0. The van der Waals surface area contributed by atoms with Crippen LogP contribution in [0.4, 0.5) is 5.69 Å². The van der Waals surface area contributed by atoms with Crippen LogP contribution in [0, 0.1) is 14.9 Å². The van der Waals surface area contributed by atoms with E-state index in [1.54, 1.807) is 6.07 Å². The fourth-order valence-corrected chi connectivity index (χ4v) is 3.30. The molecule has 2 aromatic carbocycles. The number of aromatic nitrogens is 3. The lowest BCUT2D eigenvalue weighted by molar-refractivity contribution is -0.386. The molecule has 0 aliphatic rings. The predicted octanol–water partition coefficient (Wildman–Crippen LogP) is 4.90. The molecule has 0 saturated heterocycles. The van der Waals surface area contributed by atoms with Crippen molar-refractivity contribution in [3.8, 4) is 11.5 Å². The number of nitro benzene ring substituents is 1. The van der Waals surface area contributed by atoms with Crippen LogP contribution >= 0.6 is 12.2 Å². The van der Waals surface area contributed by atoms with Gasteiger partial charge in [-0.05, 0) is 30.3 Å². The third-order valence-corrected chi connectivity index (χ3v) is 4.98. The van der Waals surface area contributed by atoms with Crippen LogP contribution in [0.5, 0.6) is 11.5 Å². The molecule has 0 aliphatic heterocycles. The van der Waals surface area contributed by atoms with Crippen LogP contribution in [0.2, 0.25) is 0 Å². The van der Waals surface area contributed by atoms with E-state index in [0.717, 1.165) is 24.8 Å². The first-order chi connectivity index (χ1) is 15.5. The molecule has 1 heterocycles. The van der Waals surface area contributed by atoms with Crippen LogP contribution in [0.15, 0.2) is 47.6 Å². The van der Waals surface area contributed by atoms with Gasteiger partial charge in [-0.3, -0.25) is 15.2 Å². The number of H-pyrrole nitrogens is 1. The molecule has 168 valence electrons. The molecule has 10 heteroatoms. The molecule has 0 unspecified atom stereocenters. The molecule has 0 amide bonds. The fraction of sp³-hybridized carbons (Fsp3) is 0.318. The summed E-state index contributed by atoms with van der Waals surface area (Å²) in [4.78, 5) is 11.2. The zero-order valence-corrected chi connectivity index (χ0v) is 18.8. The van der Waals surface area contributed by atoms with Gasteiger partial charge in [0.05, 0.1) is 24.9 Å². The SMILES string of the molecule is CCCCCOc1c(OC)cc(/C=N\n2c(Cc3ccccc3)n[nH]c2=S)cc1[N+](=O)[O-]. The van der Waals surface area contributed by atoms with E-state index in [0.29, 0.717) is 29.2 Å². The van der Waals surface area contributed by atoms with Gasteiger partial charge in [0.25, 0.3) is 0 Å². The summed E-state index contributed by atoms with van der Waals surface area (Å²) in [6.45, 7) is 2.46. The third-order valence-electron chi connectivity index (χ3n) is 4.71. The van der Waals surface area contributed by atoms with E-state index in [9.17, 15) is 10.1 Å². The number of nitro groups is 1. The maximum Gasteiger partial charge on any atom is 0.315 e. The van der Waals surface area contributed by atoms with Crippen molar-refractivity contribution in [2.75, 3.05) is 13.7 Å². The van der Waals surface area contributed by atoms with E-state index in [1.807, 2.05) is 30.3 Å². The van der Waals surface area contributed by atoms with Crippen molar-refractivity contribution in [2.24, 2.45) is 5.10 Å². The molecule has 0 atom stereocenters. The van der Waals surface area contributed by atoms with Crippen molar-refractivity contribution < 1.29 is 14.4 Å². The predicted molar refractivity (Wildman–Crippen MR) is 124 cm³/mol. The Hall–Kier alpha value is -3.53. The van der Waals surface area contributed by atoms with E-state index in [-0.39, 0.29) is 17.2 Å². The van der Waals surface area contributed by atoms with Gasteiger partial charge in [0, 0.05) is 18.1 Å². The van der Waals surface area contributed by atoms with E-state index < -0.39 is 4.92 Å². The first-order valence-electron chi connectivity index (χ1n) is 10.3. The smallest absolute Gasteiger partial charge is 0.315 e. The Morgan fingerprint density at radius 3 is 2.75 bits per heavy atom.